The van der Waals surface area contributed by atoms with Gasteiger partial charge in [0.25, 0.3) is 0 Å². The Bertz CT molecular complexity index is 1820. The van der Waals surface area contributed by atoms with E-state index in [2.05, 4.69) is 0 Å². The lowest BCUT2D eigenvalue weighted by atomic mass is 9.71. The van der Waals surface area contributed by atoms with Gasteiger partial charge in [0.1, 0.15) is 12.2 Å². The Morgan fingerprint density at radius 1 is 0.431 bits per heavy atom. The molecule has 6 aromatic carbocycles. The highest BCUT2D eigenvalue weighted by molar-refractivity contribution is 5.90. The van der Waals surface area contributed by atoms with Crippen LogP contribution in [0.1, 0.15) is 56.8 Å². The van der Waals surface area contributed by atoms with Crippen LogP contribution in [0.2, 0.25) is 0 Å². The average molecular weight is 675 g/mol. The van der Waals surface area contributed by atoms with Crippen LogP contribution in [0, 0.1) is 0 Å². The van der Waals surface area contributed by atoms with Crippen LogP contribution in [0.25, 0.3) is 0 Å². The van der Waals surface area contributed by atoms with E-state index in [1.807, 2.05) is 147 Å². The summed E-state index contributed by atoms with van der Waals surface area (Å²) in [6.45, 7) is 3.64. The predicted octanol–water partition coefficient (Wildman–Crippen LogP) is 9.11. The zero-order valence-electron chi connectivity index (χ0n) is 28.4. The van der Waals surface area contributed by atoms with E-state index in [1.165, 1.54) is 0 Å². The fourth-order valence-corrected chi connectivity index (χ4v) is 7.00. The van der Waals surface area contributed by atoms with Gasteiger partial charge in [-0.3, -0.25) is 0 Å². The van der Waals surface area contributed by atoms with Crippen LogP contribution in [-0.4, -0.2) is 29.9 Å². The molecular formula is C45H38O6. The molecular weight excluding hydrogens is 636 g/mol. The minimum Gasteiger partial charge on any atom is -0.443 e. The van der Waals surface area contributed by atoms with Gasteiger partial charge in [0.05, 0.1) is 11.1 Å². The maximum Gasteiger partial charge on any atom is 0.339 e. The molecule has 6 nitrogen and oxygen atoms in total. The first kappa shape index (κ1) is 33.7. The van der Waals surface area contributed by atoms with Crippen molar-refractivity contribution >= 4 is 11.9 Å². The number of hydrogen-bond acceptors (Lipinski definition) is 6. The molecule has 0 spiro atoms. The van der Waals surface area contributed by atoms with Gasteiger partial charge in [-0.05, 0) is 38.1 Å². The molecule has 6 heteroatoms. The first-order chi connectivity index (χ1) is 24.8. The molecule has 0 aliphatic carbocycles. The Hall–Kier alpha value is -5.82. The number of rotatable bonds is 10. The molecule has 0 N–H and O–H groups in total. The summed E-state index contributed by atoms with van der Waals surface area (Å²) in [5.41, 5.74) is 0.140. The standard InChI is InChI=1S/C45H38O6/c1-43(2)48-39(44(35-25-13-5-14-26-35,36-27-15-6-16-28-36)50-41(46)33-21-9-3-10-22-33)40(49-43)45(37-29-17-7-18-30-37,38-31-19-8-20-32-38)51-42(47)34-23-11-4-12-24-34/h3-32,39-40H,1-2H3/t39-,40?/m1/s1. The van der Waals surface area contributed by atoms with E-state index in [9.17, 15) is 9.59 Å². The fraction of sp³-hybridized carbons (Fsp3) is 0.156. The summed E-state index contributed by atoms with van der Waals surface area (Å²) in [4.78, 5) is 28.8. The van der Waals surface area contributed by atoms with Gasteiger partial charge in [0.2, 0.25) is 0 Å². The topological polar surface area (TPSA) is 71.1 Å². The second-order valence-electron chi connectivity index (χ2n) is 12.9. The van der Waals surface area contributed by atoms with Crippen molar-refractivity contribution in [2.45, 2.75) is 43.0 Å². The van der Waals surface area contributed by atoms with Gasteiger partial charge in [-0.1, -0.05) is 158 Å². The Kier molecular flexibility index (Phi) is 9.37. The number of esters is 2. The highest BCUT2D eigenvalue weighted by Gasteiger charge is 2.65. The summed E-state index contributed by atoms with van der Waals surface area (Å²) in [5.74, 6) is -2.33. The summed E-state index contributed by atoms with van der Waals surface area (Å²) < 4.78 is 27.8. The summed E-state index contributed by atoms with van der Waals surface area (Å²) in [6, 6.07) is 55.9. The summed E-state index contributed by atoms with van der Waals surface area (Å²) in [6.07, 6.45) is -2.15. The SMILES string of the molecule is CC1(C)OC(C(OC(=O)c2ccccc2)(c2ccccc2)c2ccccc2)[C@H](C(OC(=O)c2ccccc2)(c2ccccc2)c2ccccc2)O1. The van der Waals surface area contributed by atoms with Crippen LogP contribution in [0.3, 0.4) is 0 Å². The van der Waals surface area contributed by atoms with Gasteiger partial charge >= 0.3 is 11.9 Å². The van der Waals surface area contributed by atoms with Crippen LogP contribution >= 0.6 is 0 Å². The predicted molar refractivity (Wildman–Crippen MR) is 195 cm³/mol. The van der Waals surface area contributed by atoms with Crippen molar-refractivity contribution in [3.05, 3.63) is 215 Å². The van der Waals surface area contributed by atoms with Crippen molar-refractivity contribution in [2.75, 3.05) is 0 Å². The molecule has 254 valence electrons. The minimum absolute atomic E-state index is 0.372. The van der Waals surface area contributed by atoms with Crippen LogP contribution in [0.4, 0.5) is 0 Å². The Labute approximate surface area is 298 Å². The third-order valence-electron chi connectivity index (χ3n) is 9.23. The zero-order valence-corrected chi connectivity index (χ0v) is 28.4. The van der Waals surface area contributed by atoms with Crippen molar-refractivity contribution in [1.29, 1.82) is 0 Å². The lowest BCUT2D eigenvalue weighted by Gasteiger charge is -2.46. The first-order valence-corrected chi connectivity index (χ1v) is 17.0. The van der Waals surface area contributed by atoms with Crippen molar-refractivity contribution in [2.24, 2.45) is 0 Å². The van der Waals surface area contributed by atoms with Crippen molar-refractivity contribution in [3.8, 4) is 0 Å². The molecule has 6 aromatic rings. The molecule has 0 aromatic heterocycles. The molecule has 1 aliphatic heterocycles. The Balaban J connectivity index is 1.54. The maximum atomic E-state index is 14.4. The molecule has 1 heterocycles. The largest absolute Gasteiger partial charge is 0.443 e. The van der Waals surface area contributed by atoms with Crippen LogP contribution < -0.4 is 0 Å². The molecule has 0 radical (unpaired) electrons. The number of ether oxygens (including phenoxy) is 4. The van der Waals surface area contributed by atoms with Gasteiger partial charge in [-0.25, -0.2) is 9.59 Å². The first-order valence-electron chi connectivity index (χ1n) is 17.0. The van der Waals surface area contributed by atoms with Gasteiger partial charge in [-0.15, -0.1) is 0 Å². The second-order valence-corrected chi connectivity index (χ2v) is 12.9. The molecule has 1 aliphatic rings. The highest BCUT2D eigenvalue weighted by Crippen LogP contribution is 2.53. The highest BCUT2D eigenvalue weighted by atomic mass is 16.8. The van der Waals surface area contributed by atoms with Gasteiger partial charge in [0, 0.05) is 22.3 Å². The van der Waals surface area contributed by atoms with Crippen LogP contribution in [-0.2, 0) is 30.1 Å². The monoisotopic (exact) mass is 674 g/mol. The van der Waals surface area contributed by atoms with Gasteiger partial charge < -0.3 is 18.9 Å². The smallest absolute Gasteiger partial charge is 0.339 e. The van der Waals surface area contributed by atoms with E-state index in [0.29, 0.717) is 33.4 Å². The normalized spacial score (nSPS) is 17.0. The zero-order chi connectivity index (χ0) is 35.3. The van der Waals surface area contributed by atoms with E-state index < -0.39 is 41.1 Å². The number of carbonyl (C=O) groups is 2. The molecule has 1 unspecified atom stereocenters. The van der Waals surface area contributed by atoms with Crippen molar-refractivity contribution in [1.82, 2.24) is 0 Å². The molecule has 1 fully saturated rings. The van der Waals surface area contributed by atoms with E-state index in [0.717, 1.165) is 0 Å². The third kappa shape index (κ3) is 6.47. The average Bonchev–Trinajstić information content (AvgIpc) is 3.53. The molecule has 0 amide bonds. The molecule has 1 saturated heterocycles. The van der Waals surface area contributed by atoms with E-state index in [1.54, 1.807) is 48.5 Å². The minimum atomic E-state index is -1.61. The summed E-state index contributed by atoms with van der Waals surface area (Å²) in [7, 11) is 0. The second kappa shape index (κ2) is 14.2. The van der Waals surface area contributed by atoms with Crippen LogP contribution in [0.15, 0.2) is 182 Å². The number of benzene rings is 6. The molecule has 0 saturated carbocycles. The lowest BCUT2D eigenvalue weighted by Crippen LogP contribution is -2.57. The van der Waals surface area contributed by atoms with Crippen molar-refractivity contribution < 1.29 is 28.5 Å². The lowest BCUT2D eigenvalue weighted by molar-refractivity contribution is -0.173. The van der Waals surface area contributed by atoms with Gasteiger partial charge in [0.15, 0.2) is 17.0 Å². The fourth-order valence-electron chi connectivity index (χ4n) is 7.00. The van der Waals surface area contributed by atoms with E-state index in [4.69, 9.17) is 18.9 Å². The summed E-state index contributed by atoms with van der Waals surface area (Å²) in [5, 5.41) is 0. The quantitative estimate of drug-likeness (QED) is 0.135. The molecule has 0 bridgehead atoms. The maximum absolute atomic E-state index is 14.4. The Morgan fingerprint density at radius 2 is 0.667 bits per heavy atom. The van der Waals surface area contributed by atoms with Crippen LogP contribution in [0.5, 0.6) is 0 Å². The number of hydrogen-bond donors (Lipinski definition) is 0. The molecule has 51 heavy (non-hydrogen) atoms. The number of carbonyl (C=O) groups excluding carboxylic acids is 2. The molecule has 2 atom stereocenters. The Morgan fingerprint density at radius 3 is 0.922 bits per heavy atom. The third-order valence-corrected chi connectivity index (χ3v) is 9.23. The van der Waals surface area contributed by atoms with Gasteiger partial charge in [-0.2, -0.15) is 0 Å². The van der Waals surface area contributed by atoms with E-state index in [-0.39, 0.29) is 0 Å². The molecule has 7 rings (SSSR count). The summed E-state index contributed by atoms with van der Waals surface area (Å²) >= 11 is 0. The van der Waals surface area contributed by atoms with E-state index >= 15 is 0 Å². The van der Waals surface area contributed by atoms with Crippen molar-refractivity contribution in [3.63, 3.8) is 0 Å².